The van der Waals surface area contributed by atoms with Gasteiger partial charge in [0.15, 0.2) is 0 Å². The van der Waals surface area contributed by atoms with Crippen molar-refractivity contribution in [2.75, 3.05) is 26.2 Å². The van der Waals surface area contributed by atoms with E-state index in [0.29, 0.717) is 0 Å². The van der Waals surface area contributed by atoms with Gasteiger partial charge in [-0.25, -0.2) is 0 Å². The Balaban J connectivity index is 2.11. The van der Waals surface area contributed by atoms with E-state index in [4.69, 9.17) is 0 Å². The van der Waals surface area contributed by atoms with Crippen LogP contribution in [-0.2, 0) is 0 Å². The summed E-state index contributed by atoms with van der Waals surface area (Å²) in [7, 11) is 0. The zero-order valence-corrected chi connectivity index (χ0v) is 7.21. The first kappa shape index (κ1) is 7.17. The van der Waals surface area contributed by atoms with Crippen LogP contribution in [0.15, 0.2) is 12.3 Å². The fraction of sp³-hybridized carbons (Fsp3) is 0.778. The quantitative estimate of drug-likeness (QED) is 0.551. The van der Waals surface area contributed by atoms with E-state index in [9.17, 15) is 0 Å². The third-order valence-corrected chi connectivity index (χ3v) is 2.92. The van der Waals surface area contributed by atoms with Gasteiger partial charge in [0, 0.05) is 31.4 Å². The molecule has 0 saturated carbocycles. The number of nitrogens with zero attached hydrogens (tertiary/aromatic N) is 2. The lowest BCUT2D eigenvalue weighted by Crippen LogP contribution is -2.44. The van der Waals surface area contributed by atoms with Gasteiger partial charge in [-0.1, -0.05) is 13.5 Å². The molecule has 0 radical (unpaired) electrons. The SMILES string of the molecule is C=C1CN(CC)C2CCN1C2. The van der Waals surface area contributed by atoms with Crippen LogP contribution in [0.3, 0.4) is 0 Å². The van der Waals surface area contributed by atoms with E-state index >= 15 is 0 Å². The smallest absolute Gasteiger partial charge is 0.0381 e. The first-order valence-corrected chi connectivity index (χ1v) is 4.48. The van der Waals surface area contributed by atoms with Crippen molar-refractivity contribution in [3.63, 3.8) is 0 Å². The minimum atomic E-state index is 0.825. The van der Waals surface area contributed by atoms with Gasteiger partial charge in [-0.15, -0.1) is 0 Å². The largest absolute Gasteiger partial charge is 0.373 e. The van der Waals surface area contributed by atoms with Gasteiger partial charge in [-0.05, 0) is 13.0 Å². The average molecular weight is 152 g/mol. The summed E-state index contributed by atoms with van der Waals surface area (Å²) in [6.07, 6.45) is 1.34. The van der Waals surface area contributed by atoms with Crippen LogP contribution in [0, 0.1) is 0 Å². The number of hydrogen-bond donors (Lipinski definition) is 0. The Kier molecular flexibility index (Phi) is 1.64. The molecule has 2 aliphatic heterocycles. The van der Waals surface area contributed by atoms with E-state index in [1.54, 1.807) is 0 Å². The topological polar surface area (TPSA) is 6.48 Å². The van der Waals surface area contributed by atoms with Gasteiger partial charge in [0.2, 0.25) is 0 Å². The third-order valence-electron chi connectivity index (χ3n) is 2.92. The van der Waals surface area contributed by atoms with Crippen LogP contribution in [0.2, 0.25) is 0 Å². The molecule has 0 aromatic rings. The molecule has 2 heterocycles. The molecule has 2 aliphatic rings. The molecule has 0 N–H and O–H groups in total. The molecule has 0 aromatic heterocycles. The Labute approximate surface area is 68.5 Å². The standard InChI is InChI=1S/C9H16N2/c1-3-10-6-8(2)11-5-4-9(10)7-11/h9H,2-7H2,1H3. The molecule has 62 valence electrons. The van der Waals surface area contributed by atoms with Crippen LogP contribution in [0.4, 0.5) is 0 Å². The van der Waals surface area contributed by atoms with E-state index in [1.165, 1.54) is 31.8 Å². The second-order valence-electron chi connectivity index (χ2n) is 3.52. The van der Waals surface area contributed by atoms with Crippen LogP contribution in [0.1, 0.15) is 13.3 Å². The number of hydrogen-bond acceptors (Lipinski definition) is 2. The lowest BCUT2D eigenvalue weighted by Gasteiger charge is -2.35. The lowest BCUT2D eigenvalue weighted by atomic mass is 10.2. The molecule has 0 aromatic carbocycles. The lowest BCUT2D eigenvalue weighted by molar-refractivity contribution is 0.178. The monoisotopic (exact) mass is 152 g/mol. The highest BCUT2D eigenvalue weighted by atomic mass is 15.3. The number of rotatable bonds is 1. The molecule has 0 aliphatic carbocycles. The highest BCUT2D eigenvalue weighted by Crippen LogP contribution is 2.25. The van der Waals surface area contributed by atoms with Gasteiger partial charge in [-0.3, -0.25) is 4.90 Å². The van der Waals surface area contributed by atoms with Crippen LogP contribution in [-0.4, -0.2) is 42.0 Å². The minimum Gasteiger partial charge on any atom is -0.373 e. The van der Waals surface area contributed by atoms with Gasteiger partial charge < -0.3 is 4.90 Å². The van der Waals surface area contributed by atoms with E-state index in [1.807, 2.05) is 0 Å². The molecule has 1 unspecified atom stereocenters. The molecule has 2 heteroatoms. The maximum Gasteiger partial charge on any atom is 0.0381 e. The van der Waals surface area contributed by atoms with Gasteiger partial charge in [0.1, 0.15) is 0 Å². The van der Waals surface area contributed by atoms with E-state index < -0.39 is 0 Å². The van der Waals surface area contributed by atoms with E-state index in [-0.39, 0.29) is 0 Å². The molecule has 2 bridgehead atoms. The van der Waals surface area contributed by atoms with E-state index in [0.717, 1.165) is 12.6 Å². The summed E-state index contributed by atoms with van der Waals surface area (Å²) in [5.41, 5.74) is 1.32. The fourth-order valence-electron chi connectivity index (χ4n) is 2.16. The summed E-state index contributed by atoms with van der Waals surface area (Å²) < 4.78 is 0. The third kappa shape index (κ3) is 1.06. The summed E-state index contributed by atoms with van der Waals surface area (Å²) in [6.45, 7) is 11.1. The Bertz CT molecular complexity index is 176. The van der Waals surface area contributed by atoms with E-state index in [2.05, 4.69) is 23.3 Å². The summed E-state index contributed by atoms with van der Waals surface area (Å²) in [5, 5.41) is 0. The van der Waals surface area contributed by atoms with Crippen molar-refractivity contribution in [2.45, 2.75) is 19.4 Å². The highest BCUT2D eigenvalue weighted by Gasteiger charge is 2.32. The van der Waals surface area contributed by atoms with Gasteiger partial charge in [0.05, 0.1) is 0 Å². The predicted octanol–water partition coefficient (Wildman–Crippen LogP) is 0.910. The average Bonchev–Trinajstić information content (AvgIpc) is 2.43. The summed E-state index contributed by atoms with van der Waals surface area (Å²) in [6, 6.07) is 0.825. The molecule has 0 amide bonds. The van der Waals surface area contributed by atoms with Gasteiger partial charge in [0.25, 0.3) is 0 Å². The zero-order chi connectivity index (χ0) is 7.84. The Morgan fingerprint density at radius 2 is 2.45 bits per heavy atom. The molecular weight excluding hydrogens is 136 g/mol. The van der Waals surface area contributed by atoms with Crippen molar-refractivity contribution in [1.82, 2.24) is 9.80 Å². The van der Waals surface area contributed by atoms with Crippen molar-refractivity contribution in [3.8, 4) is 0 Å². The zero-order valence-electron chi connectivity index (χ0n) is 7.21. The number of likely N-dealkylation sites (N-methyl/N-ethyl adjacent to an activating group) is 1. The molecule has 0 spiro atoms. The molecule has 11 heavy (non-hydrogen) atoms. The second-order valence-corrected chi connectivity index (χ2v) is 3.52. The maximum absolute atomic E-state index is 4.08. The van der Waals surface area contributed by atoms with Gasteiger partial charge >= 0.3 is 0 Å². The molecule has 2 saturated heterocycles. The molecule has 1 atom stereocenters. The van der Waals surface area contributed by atoms with Crippen LogP contribution in [0.25, 0.3) is 0 Å². The van der Waals surface area contributed by atoms with Crippen LogP contribution < -0.4 is 0 Å². The number of fused-ring (bicyclic) bond motifs is 2. The normalized spacial score (nSPS) is 31.5. The van der Waals surface area contributed by atoms with Crippen molar-refractivity contribution >= 4 is 0 Å². The Morgan fingerprint density at radius 1 is 1.64 bits per heavy atom. The van der Waals surface area contributed by atoms with Gasteiger partial charge in [-0.2, -0.15) is 0 Å². The first-order valence-electron chi connectivity index (χ1n) is 4.48. The summed E-state index contributed by atoms with van der Waals surface area (Å²) in [5.74, 6) is 0. The second kappa shape index (κ2) is 2.52. The Morgan fingerprint density at radius 3 is 3.18 bits per heavy atom. The molecule has 2 rings (SSSR count). The predicted molar refractivity (Wildman–Crippen MR) is 46.4 cm³/mol. The van der Waals surface area contributed by atoms with Crippen molar-refractivity contribution in [3.05, 3.63) is 12.3 Å². The summed E-state index contributed by atoms with van der Waals surface area (Å²) in [4.78, 5) is 4.96. The van der Waals surface area contributed by atoms with Crippen LogP contribution in [0.5, 0.6) is 0 Å². The summed E-state index contributed by atoms with van der Waals surface area (Å²) >= 11 is 0. The van der Waals surface area contributed by atoms with Crippen LogP contribution >= 0.6 is 0 Å². The molecule has 2 fully saturated rings. The van der Waals surface area contributed by atoms with Crippen molar-refractivity contribution in [1.29, 1.82) is 0 Å². The molecular formula is C9H16N2. The van der Waals surface area contributed by atoms with Crippen molar-refractivity contribution in [2.24, 2.45) is 0 Å². The maximum atomic E-state index is 4.08. The molecule has 2 nitrogen and oxygen atoms in total. The highest BCUT2D eigenvalue weighted by molar-refractivity contribution is 5.07. The Hall–Kier alpha value is -0.500. The minimum absolute atomic E-state index is 0.825. The number of piperazine rings is 1. The fourth-order valence-corrected chi connectivity index (χ4v) is 2.16. The first-order chi connectivity index (χ1) is 5.31. The van der Waals surface area contributed by atoms with Crippen molar-refractivity contribution < 1.29 is 0 Å².